The lowest BCUT2D eigenvalue weighted by molar-refractivity contribution is -0.210. The molecule has 5 N–H and O–H groups in total. The number of fused-ring (bicyclic) bond motifs is 1. The average Bonchev–Trinajstić information content (AvgIpc) is 2.93. The van der Waals surface area contributed by atoms with Crippen LogP contribution in [0.3, 0.4) is 0 Å². The molecule has 0 saturated carbocycles. The largest absolute Gasteiger partial charge is 0.400 e. The Morgan fingerprint density at radius 1 is 1.29 bits per heavy atom. The quantitative estimate of drug-likeness (QED) is 0.382. The number of aliphatic hydroxyl groups excluding tert-OH is 4. The smallest absolute Gasteiger partial charge is 0.278 e. The van der Waals surface area contributed by atoms with Crippen LogP contribution in [0.5, 0.6) is 0 Å². The highest BCUT2D eigenvalue weighted by molar-refractivity contribution is 5.68. The van der Waals surface area contributed by atoms with Crippen LogP contribution in [-0.2, 0) is 4.74 Å². The molecular formula is C11H16N4O6. The van der Waals surface area contributed by atoms with Gasteiger partial charge in [-0.25, -0.2) is 9.97 Å². The molecule has 0 aromatic carbocycles. The van der Waals surface area contributed by atoms with E-state index in [0.29, 0.717) is 0 Å². The first-order valence-electron chi connectivity index (χ1n) is 6.10. The molecule has 21 heavy (non-hydrogen) atoms. The lowest BCUT2D eigenvalue weighted by atomic mass is 10.0. The molecule has 2 aromatic rings. The van der Waals surface area contributed by atoms with Gasteiger partial charge in [0.1, 0.15) is 18.3 Å². The maximum absolute atomic E-state index is 11.5. The van der Waals surface area contributed by atoms with Gasteiger partial charge in [-0.3, -0.25) is 9.36 Å². The zero-order valence-electron chi connectivity index (χ0n) is 11.1. The van der Waals surface area contributed by atoms with Crippen LogP contribution in [-0.4, -0.2) is 72.0 Å². The van der Waals surface area contributed by atoms with Gasteiger partial charge in [0.15, 0.2) is 17.4 Å². The predicted molar refractivity (Wildman–Crippen MR) is 69.3 cm³/mol. The van der Waals surface area contributed by atoms with Gasteiger partial charge in [-0.1, -0.05) is 0 Å². The molecule has 0 amide bonds. The number of aliphatic hydroxyl groups is 4. The second kappa shape index (κ2) is 6.28. The second-order valence-corrected chi connectivity index (χ2v) is 4.33. The van der Waals surface area contributed by atoms with E-state index in [0.717, 1.165) is 7.11 Å². The summed E-state index contributed by atoms with van der Waals surface area (Å²) in [6.45, 7) is -0.133. The Balaban J connectivity index is 0.000000774. The van der Waals surface area contributed by atoms with Gasteiger partial charge in [-0.15, -0.1) is 0 Å². The molecule has 1 saturated heterocycles. The minimum absolute atomic E-state index is 0.110. The lowest BCUT2D eigenvalue weighted by Gasteiger charge is -2.35. The van der Waals surface area contributed by atoms with Crippen LogP contribution in [0.2, 0.25) is 0 Å². The van der Waals surface area contributed by atoms with E-state index >= 15 is 0 Å². The number of ether oxygens (including phenoxy) is 1. The molecule has 116 valence electrons. The monoisotopic (exact) mass is 300 g/mol. The number of hydrogen-bond acceptors (Lipinski definition) is 8. The maximum Gasteiger partial charge on any atom is 0.278 e. The van der Waals surface area contributed by atoms with Crippen molar-refractivity contribution >= 4 is 11.2 Å². The van der Waals surface area contributed by atoms with E-state index in [1.54, 1.807) is 0 Å². The SMILES string of the molecule is CO.O=c1[nH]cnc2c1ncn2C1OCC(O)C(O)C1O. The van der Waals surface area contributed by atoms with Crippen LogP contribution in [0, 0.1) is 0 Å². The Bertz CT molecular complexity index is 655. The summed E-state index contributed by atoms with van der Waals surface area (Å²) in [6.07, 6.45) is -2.29. The second-order valence-electron chi connectivity index (χ2n) is 4.33. The third kappa shape index (κ3) is 2.66. The molecule has 10 nitrogen and oxygen atoms in total. The first-order chi connectivity index (χ1) is 10.1. The molecule has 10 heteroatoms. The van der Waals surface area contributed by atoms with E-state index in [4.69, 9.17) is 9.84 Å². The molecule has 3 heterocycles. The Morgan fingerprint density at radius 2 is 2.00 bits per heavy atom. The summed E-state index contributed by atoms with van der Waals surface area (Å²) in [5.74, 6) is 0. The van der Waals surface area contributed by atoms with E-state index in [9.17, 15) is 20.1 Å². The molecule has 2 aromatic heterocycles. The Kier molecular flexibility index (Phi) is 4.65. The predicted octanol–water partition coefficient (Wildman–Crippen LogP) is -2.66. The van der Waals surface area contributed by atoms with E-state index in [1.165, 1.54) is 17.2 Å². The third-order valence-electron chi connectivity index (χ3n) is 3.11. The van der Waals surface area contributed by atoms with E-state index < -0.39 is 30.1 Å². The van der Waals surface area contributed by atoms with Gasteiger partial charge >= 0.3 is 0 Å². The molecule has 0 aliphatic carbocycles. The average molecular weight is 300 g/mol. The highest BCUT2D eigenvalue weighted by atomic mass is 16.5. The fourth-order valence-electron chi connectivity index (χ4n) is 2.08. The lowest BCUT2D eigenvalue weighted by Crippen LogP contribution is -2.50. The summed E-state index contributed by atoms with van der Waals surface area (Å²) < 4.78 is 6.63. The van der Waals surface area contributed by atoms with Crippen molar-refractivity contribution in [1.82, 2.24) is 19.5 Å². The highest BCUT2D eigenvalue weighted by Gasteiger charge is 2.39. The fraction of sp³-hybridized carbons (Fsp3) is 0.545. The molecule has 1 aliphatic heterocycles. The fourth-order valence-corrected chi connectivity index (χ4v) is 2.08. The Hall–Kier alpha value is -1.85. The summed E-state index contributed by atoms with van der Waals surface area (Å²) >= 11 is 0. The van der Waals surface area contributed by atoms with Crippen LogP contribution in [0.4, 0.5) is 0 Å². The maximum atomic E-state index is 11.5. The standard InChI is InChI=1S/C10H12N4O5.CH4O/c15-4-1-19-10(7(17)6(4)16)14-3-13-5-8(14)11-2-12-9(5)18;1-2/h2-4,6-7,10,15-17H,1H2,(H,11,12,18);2H,1H3. The number of aromatic amines is 1. The van der Waals surface area contributed by atoms with Crippen LogP contribution >= 0.6 is 0 Å². The summed E-state index contributed by atoms with van der Waals surface area (Å²) in [6, 6.07) is 0. The zero-order chi connectivity index (χ0) is 15.6. The van der Waals surface area contributed by atoms with Crippen molar-refractivity contribution in [2.45, 2.75) is 24.5 Å². The van der Waals surface area contributed by atoms with E-state index in [1.807, 2.05) is 0 Å². The van der Waals surface area contributed by atoms with Gasteiger partial charge < -0.3 is 30.1 Å². The molecular weight excluding hydrogens is 284 g/mol. The molecule has 0 spiro atoms. The first-order valence-corrected chi connectivity index (χ1v) is 6.10. The minimum atomic E-state index is -1.35. The third-order valence-corrected chi connectivity index (χ3v) is 3.11. The molecule has 1 fully saturated rings. The number of hydrogen-bond donors (Lipinski definition) is 5. The first kappa shape index (κ1) is 15.5. The van der Waals surface area contributed by atoms with Gasteiger partial charge in [-0.05, 0) is 0 Å². The van der Waals surface area contributed by atoms with Crippen molar-refractivity contribution in [2.24, 2.45) is 0 Å². The van der Waals surface area contributed by atoms with Crippen molar-refractivity contribution in [2.75, 3.05) is 13.7 Å². The number of H-pyrrole nitrogens is 1. The number of rotatable bonds is 1. The Labute approximate surface area is 118 Å². The number of nitrogens with zero attached hydrogens (tertiary/aromatic N) is 3. The van der Waals surface area contributed by atoms with Crippen molar-refractivity contribution in [3.05, 3.63) is 23.0 Å². The van der Waals surface area contributed by atoms with Crippen LogP contribution in [0.1, 0.15) is 6.23 Å². The topological polar surface area (TPSA) is 154 Å². The summed E-state index contributed by atoms with van der Waals surface area (Å²) in [5.41, 5.74) is -0.0649. The van der Waals surface area contributed by atoms with Crippen LogP contribution in [0.25, 0.3) is 11.2 Å². The van der Waals surface area contributed by atoms with Crippen molar-refractivity contribution in [3.63, 3.8) is 0 Å². The van der Waals surface area contributed by atoms with Crippen molar-refractivity contribution < 1.29 is 25.2 Å². The Morgan fingerprint density at radius 3 is 2.71 bits per heavy atom. The number of aromatic nitrogens is 4. The summed E-state index contributed by atoms with van der Waals surface area (Å²) in [7, 11) is 1.00. The van der Waals surface area contributed by atoms with E-state index in [2.05, 4.69) is 15.0 Å². The normalized spacial score (nSPS) is 29.0. The van der Waals surface area contributed by atoms with Gasteiger partial charge in [0.2, 0.25) is 0 Å². The van der Waals surface area contributed by atoms with Crippen molar-refractivity contribution in [3.8, 4) is 0 Å². The van der Waals surface area contributed by atoms with E-state index in [-0.39, 0.29) is 17.8 Å². The summed E-state index contributed by atoms with van der Waals surface area (Å²) in [5, 5.41) is 35.9. The molecule has 0 radical (unpaired) electrons. The van der Waals surface area contributed by atoms with Gasteiger partial charge in [0, 0.05) is 7.11 Å². The molecule has 4 atom stereocenters. The molecule has 3 rings (SSSR count). The minimum Gasteiger partial charge on any atom is -0.400 e. The van der Waals surface area contributed by atoms with Crippen molar-refractivity contribution in [1.29, 1.82) is 0 Å². The van der Waals surface area contributed by atoms with Crippen LogP contribution in [0.15, 0.2) is 17.4 Å². The highest BCUT2D eigenvalue weighted by Crippen LogP contribution is 2.25. The van der Waals surface area contributed by atoms with Gasteiger partial charge in [0.05, 0.1) is 19.3 Å². The molecule has 1 aliphatic rings. The summed E-state index contributed by atoms with van der Waals surface area (Å²) in [4.78, 5) is 21.7. The molecule has 0 bridgehead atoms. The number of imidazole rings is 1. The van der Waals surface area contributed by atoms with Gasteiger partial charge in [0.25, 0.3) is 5.56 Å². The molecule has 4 unspecified atom stereocenters. The number of nitrogens with one attached hydrogen (secondary N) is 1. The van der Waals surface area contributed by atoms with Crippen LogP contribution < -0.4 is 5.56 Å². The zero-order valence-corrected chi connectivity index (χ0v) is 11.1. The van der Waals surface area contributed by atoms with Gasteiger partial charge in [-0.2, -0.15) is 0 Å².